The van der Waals surface area contributed by atoms with E-state index in [0.29, 0.717) is 45.0 Å². The first-order chi connectivity index (χ1) is 16.4. The Labute approximate surface area is 197 Å². The molecule has 1 aromatic heterocycles. The van der Waals surface area contributed by atoms with E-state index in [4.69, 9.17) is 4.74 Å². The number of halogens is 2. The maximum Gasteiger partial charge on any atom is 0.259 e. The summed E-state index contributed by atoms with van der Waals surface area (Å²) in [5.74, 6) is -0.723. The molecule has 0 aliphatic carbocycles. The molecule has 6 nitrogen and oxygen atoms in total. The van der Waals surface area contributed by atoms with Gasteiger partial charge in [0, 0.05) is 51.2 Å². The van der Waals surface area contributed by atoms with Crippen molar-refractivity contribution in [2.24, 2.45) is 0 Å². The van der Waals surface area contributed by atoms with E-state index in [-0.39, 0.29) is 28.5 Å². The number of aryl methyl sites for hydroxylation is 1. The Morgan fingerprint density at radius 1 is 0.971 bits per heavy atom. The maximum atomic E-state index is 13.7. The minimum atomic E-state index is -0.544. The molecule has 1 aliphatic heterocycles. The molecule has 8 heteroatoms. The van der Waals surface area contributed by atoms with Gasteiger partial charge in [-0.1, -0.05) is 12.1 Å². The number of hydrogen-bond acceptors (Lipinski definition) is 5. The topological polar surface area (TPSA) is 57.9 Å². The highest BCUT2D eigenvalue weighted by molar-refractivity contribution is 5.47. The zero-order valence-electron chi connectivity index (χ0n) is 19.4. The Morgan fingerprint density at radius 2 is 1.56 bits per heavy atom. The molecule has 0 saturated carbocycles. The monoisotopic (exact) mass is 469 g/mol. The van der Waals surface area contributed by atoms with Crippen molar-refractivity contribution in [1.29, 1.82) is 0 Å². The Bertz CT molecular complexity index is 1170. The highest BCUT2D eigenvalue weighted by atomic mass is 19.1. The van der Waals surface area contributed by atoms with Crippen LogP contribution in [0.1, 0.15) is 22.9 Å². The minimum absolute atomic E-state index is 0.0774. The average molecular weight is 470 g/mol. The molecule has 0 amide bonds. The zero-order valence-corrected chi connectivity index (χ0v) is 19.4. The van der Waals surface area contributed by atoms with Crippen LogP contribution in [0.5, 0.6) is 5.75 Å². The first-order valence-electron chi connectivity index (χ1n) is 11.3. The lowest BCUT2D eigenvalue weighted by Gasteiger charge is -2.40. The lowest BCUT2D eigenvalue weighted by Crippen LogP contribution is -2.49. The van der Waals surface area contributed by atoms with Gasteiger partial charge in [0.15, 0.2) is 0 Å². The van der Waals surface area contributed by atoms with E-state index < -0.39 is 6.04 Å². The molecule has 0 bridgehead atoms. The molecular formula is C26H29F2N3O3. The van der Waals surface area contributed by atoms with Gasteiger partial charge >= 0.3 is 0 Å². The SMILES string of the molecule is COCCn1c(C)cc(O)c([C@H](c2ccc(F)cc2)N2CCN(c3ccc(F)cc3)CC2)c1=O. The molecule has 1 aliphatic rings. The van der Waals surface area contributed by atoms with Gasteiger partial charge in [-0.25, -0.2) is 8.78 Å². The summed E-state index contributed by atoms with van der Waals surface area (Å²) in [6, 6.07) is 13.5. The van der Waals surface area contributed by atoms with E-state index in [1.807, 2.05) is 0 Å². The number of nitrogens with zero attached hydrogens (tertiary/aromatic N) is 3. The Morgan fingerprint density at radius 3 is 2.15 bits per heavy atom. The van der Waals surface area contributed by atoms with E-state index in [1.54, 1.807) is 48.9 Å². The Balaban J connectivity index is 1.70. The van der Waals surface area contributed by atoms with Gasteiger partial charge in [0.05, 0.1) is 18.2 Å². The normalized spacial score (nSPS) is 15.5. The van der Waals surface area contributed by atoms with Crippen LogP contribution in [-0.2, 0) is 11.3 Å². The van der Waals surface area contributed by atoms with Crippen molar-refractivity contribution in [3.8, 4) is 5.75 Å². The maximum absolute atomic E-state index is 13.7. The summed E-state index contributed by atoms with van der Waals surface area (Å²) in [6.07, 6.45) is 0. The van der Waals surface area contributed by atoms with Crippen LogP contribution < -0.4 is 10.5 Å². The number of methoxy groups -OCH3 is 1. The molecule has 2 aromatic carbocycles. The lowest BCUT2D eigenvalue weighted by molar-refractivity contribution is 0.183. The third-order valence-corrected chi connectivity index (χ3v) is 6.37. The molecular weight excluding hydrogens is 440 g/mol. The van der Waals surface area contributed by atoms with Crippen molar-refractivity contribution >= 4 is 5.69 Å². The first kappa shape index (κ1) is 23.9. The molecule has 1 N–H and O–H groups in total. The minimum Gasteiger partial charge on any atom is -0.507 e. The second-order valence-electron chi connectivity index (χ2n) is 8.49. The molecule has 34 heavy (non-hydrogen) atoms. The number of benzene rings is 2. The van der Waals surface area contributed by atoms with Crippen LogP contribution >= 0.6 is 0 Å². The molecule has 1 atom stereocenters. The van der Waals surface area contributed by atoms with Gasteiger partial charge in [-0.2, -0.15) is 0 Å². The molecule has 2 heterocycles. The molecule has 1 saturated heterocycles. The second kappa shape index (κ2) is 10.4. The van der Waals surface area contributed by atoms with Gasteiger partial charge in [-0.05, 0) is 55.0 Å². The summed E-state index contributed by atoms with van der Waals surface area (Å²) >= 11 is 0. The van der Waals surface area contributed by atoms with Gasteiger partial charge in [0.1, 0.15) is 17.4 Å². The molecule has 0 radical (unpaired) electrons. The molecule has 4 rings (SSSR count). The number of anilines is 1. The molecule has 3 aromatic rings. The second-order valence-corrected chi connectivity index (χ2v) is 8.49. The van der Waals surface area contributed by atoms with Gasteiger partial charge in [0.25, 0.3) is 5.56 Å². The van der Waals surface area contributed by atoms with Crippen molar-refractivity contribution in [2.45, 2.75) is 19.5 Å². The summed E-state index contributed by atoms with van der Waals surface area (Å²) in [5, 5.41) is 10.9. The van der Waals surface area contributed by atoms with E-state index >= 15 is 0 Å². The van der Waals surface area contributed by atoms with Crippen LogP contribution in [0, 0.1) is 18.6 Å². The van der Waals surface area contributed by atoms with Crippen LogP contribution in [0.15, 0.2) is 59.4 Å². The standard InChI is InChI=1S/C26H29F2N3O3/c1-18-17-23(32)24(26(33)31(18)15-16-34-2)25(19-3-5-20(27)6-4-19)30-13-11-29(12-14-30)22-9-7-21(28)8-10-22/h3-10,17,25,32H,11-16H2,1-2H3/t25-/m0/s1. The van der Waals surface area contributed by atoms with Gasteiger partial charge in [-0.3, -0.25) is 9.69 Å². The van der Waals surface area contributed by atoms with E-state index in [9.17, 15) is 18.7 Å². The molecule has 180 valence electrons. The average Bonchev–Trinajstić information content (AvgIpc) is 2.83. The van der Waals surface area contributed by atoms with Crippen molar-refractivity contribution in [3.05, 3.63) is 93.4 Å². The number of pyridine rings is 1. The first-order valence-corrected chi connectivity index (χ1v) is 11.3. The third-order valence-electron chi connectivity index (χ3n) is 6.37. The number of piperazine rings is 1. The van der Waals surface area contributed by atoms with Crippen LogP contribution in [0.2, 0.25) is 0 Å². The summed E-state index contributed by atoms with van der Waals surface area (Å²) in [5.41, 5.74) is 2.28. The van der Waals surface area contributed by atoms with Crippen molar-refractivity contribution in [3.63, 3.8) is 0 Å². The van der Waals surface area contributed by atoms with E-state index in [0.717, 1.165) is 11.3 Å². The number of aromatic hydroxyl groups is 1. The van der Waals surface area contributed by atoms with E-state index in [1.165, 1.54) is 24.3 Å². The fraction of sp³-hybridized carbons (Fsp3) is 0.346. The van der Waals surface area contributed by atoms with Gasteiger partial charge < -0.3 is 19.3 Å². The number of rotatable bonds is 7. The third kappa shape index (κ3) is 4.98. The van der Waals surface area contributed by atoms with Crippen LogP contribution in [-0.4, -0.2) is 54.5 Å². The number of aromatic nitrogens is 1. The van der Waals surface area contributed by atoms with Crippen molar-refractivity contribution < 1.29 is 18.6 Å². The fourth-order valence-electron chi connectivity index (χ4n) is 4.58. The van der Waals surface area contributed by atoms with Crippen LogP contribution in [0.25, 0.3) is 0 Å². The Kier molecular flexibility index (Phi) is 7.29. The predicted octanol–water partition coefficient (Wildman–Crippen LogP) is 3.70. The highest BCUT2D eigenvalue weighted by Crippen LogP contribution is 2.34. The van der Waals surface area contributed by atoms with Crippen molar-refractivity contribution in [1.82, 2.24) is 9.47 Å². The van der Waals surface area contributed by atoms with Crippen molar-refractivity contribution in [2.75, 3.05) is 44.8 Å². The Hall–Kier alpha value is -3.23. The smallest absolute Gasteiger partial charge is 0.259 e. The zero-order chi connectivity index (χ0) is 24.2. The summed E-state index contributed by atoms with van der Waals surface area (Å²) < 4.78 is 33.8. The summed E-state index contributed by atoms with van der Waals surface area (Å²) in [6.45, 7) is 5.02. The summed E-state index contributed by atoms with van der Waals surface area (Å²) in [7, 11) is 1.57. The highest BCUT2D eigenvalue weighted by Gasteiger charge is 2.31. The molecule has 0 unspecified atom stereocenters. The van der Waals surface area contributed by atoms with Crippen LogP contribution in [0.3, 0.4) is 0 Å². The molecule has 0 spiro atoms. The van der Waals surface area contributed by atoms with Gasteiger partial charge in [-0.15, -0.1) is 0 Å². The largest absolute Gasteiger partial charge is 0.507 e. The number of ether oxygens (including phenoxy) is 1. The number of hydrogen-bond donors (Lipinski definition) is 1. The lowest BCUT2D eigenvalue weighted by atomic mass is 9.96. The predicted molar refractivity (Wildman–Crippen MR) is 127 cm³/mol. The molecule has 1 fully saturated rings. The van der Waals surface area contributed by atoms with E-state index in [2.05, 4.69) is 9.80 Å². The fourth-order valence-corrected chi connectivity index (χ4v) is 4.58. The van der Waals surface area contributed by atoms with Crippen LogP contribution in [0.4, 0.5) is 14.5 Å². The summed E-state index contributed by atoms with van der Waals surface area (Å²) in [4.78, 5) is 17.8. The quantitative estimate of drug-likeness (QED) is 0.572. The van der Waals surface area contributed by atoms with Gasteiger partial charge in [0.2, 0.25) is 0 Å².